The summed E-state index contributed by atoms with van der Waals surface area (Å²) in [5, 5.41) is 50.7. The summed E-state index contributed by atoms with van der Waals surface area (Å²) in [5.41, 5.74) is 3.28. The Bertz CT molecular complexity index is 6470. The van der Waals surface area contributed by atoms with E-state index in [1.54, 1.807) is 89.6 Å². The van der Waals surface area contributed by atoms with Crippen molar-refractivity contribution in [2.75, 3.05) is 226 Å². The Balaban J connectivity index is 0.000000182. The smallest absolute Gasteiger partial charge is 0.410 e. The zero-order valence-electron chi connectivity index (χ0n) is 87.3. The SMILES string of the molecule is C1CN(C2CCNC2)C1.C=CC(=O)Nc1cc(Nc2ncc(Cl)c(Nc3ccccc3P(C)(C)=O)n2)c(OC)cc1N1CCC(N2CCC2)C1.CC(C)(C)OC(=O)N1CCC(=O)C1.CC(C)(C)OC(=O)N1CCC(N2CCC2)C1.COc1cc(F)c([N+](=O)[O-])cc1Nc1ncc(Cl)c(Nc2ccccc2P(C)(C)=O)n1.COc1cc(N2CCC(N3CCC3)C2)c([N+](=O)[O-])cc1Nc1ncc(Cl)c(Nc2ccccc2P(C)(C)=O)n1.Cl.[HH]. The monoisotopic (exact) mass is 2210 g/mol. The van der Waals surface area contributed by atoms with Gasteiger partial charge in [0.15, 0.2) is 23.2 Å². The molecule has 812 valence electrons. The lowest BCUT2D eigenvalue weighted by molar-refractivity contribution is -0.387. The van der Waals surface area contributed by atoms with Gasteiger partial charge in [-0.15, -0.1) is 12.4 Å². The molecule has 9 aromatic rings. The average molecular weight is 2210 g/mol. The van der Waals surface area contributed by atoms with Crippen molar-refractivity contribution in [2.24, 2.45) is 0 Å². The van der Waals surface area contributed by atoms with Crippen molar-refractivity contribution in [3.05, 3.63) is 182 Å². The van der Waals surface area contributed by atoms with Crippen molar-refractivity contribution in [1.29, 1.82) is 0 Å². The predicted octanol–water partition coefficient (Wildman–Crippen LogP) is 18.9. The van der Waals surface area contributed by atoms with Crippen LogP contribution in [0.2, 0.25) is 15.1 Å². The number of carbonyl (C=O) groups is 4. The normalized spacial score (nSPS) is 18.1. The molecule has 18 rings (SSSR count). The molecule has 9 fully saturated rings. The first-order valence-corrected chi connectivity index (χ1v) is 58.5. The summed E-state index contributed by atoms with van der Waals surface area (Å²) in [4.78, 5) is 112. The number of hydrogen-bond donors (Lipinski definition) is 8. The number of methoxy groups -OCH3 is 3. The third-order valence-corrected chi connectivity index (χ3v) is 31.5. The lowest BCUT2D eigenvalue weighted by Gasteiger charge is -2.36. The molecule has 8 N–H and O–H groups in total. The third-order valence-electron chi connectivity index (χ3n) is 26.1. The van der Waals surface area contributed by atoms with Crippen LogP contribution < -0.4 is 82.5 Å². The molecule has 0 saturated carbocycles. The van der Waals surface area contributed by atoms with E-state index in [0.29, 0.717) is 115 Å². The number of nitro groups is 2. The van der Waals surface area contributed by atoms with Crippen molar-refractivity contribution in [3.8, 4) is 17.2 Å². The van der Waals surface area contributed by atoms with Crippen LogP contribution in [-0.4, -0.2) is 308 Å². The number of nitrogens with one attached hydrogen (secondary N) is 8. The number of rotatable bonds is 28. The minimum absolute atomic E-state index is 0. The molecule has 48 heteroatoms. The number of likely N-dealkylation sites (tertiary alicyclic amines) is 6. The van der Waals surface area contributed by atoms with Crippen LogP contribution in [0.1, 0.15) is 101 Å². The first kappa shape index (κ1) is 117. The van der Waals surface area contributed by atoms with E-state index in [2.05, 4.69) is 108 Å². The maximum absolute atomic E-state index is 13.9. The highest BCUT2D eigenvalue weighted by molar-refractivity contribution is 7.71. The second-order valence-electron chi connectivity index (χ2n) is 40.4. The number of aromatic nitrogens is 6. The van der Waals surface area contributed by atoms with Crippen LogP contribution in [0.5, 0.6) is 17.2 Å². The minimum Gasteiger partial charge on any atom is -0.494 e. The number of carbonyl (C=O) groups excluding carboxylic acids is 4. The molecule has 9 saturated heterocycles. The Labute approximate surface area is 897 Å². The molecule has 0 spiro atoms. The fourth-order valence-electron chi connectivity index (χ4n) is 17.9. The van der Waals surface area contributed by atoms with Crippen molar-refractivity contribution in [2.45, 2.75) is 135 Å². The van der Waals surface area contributed by atoms with Gasteiger partial charge >= 0.3 is 17.9 Å². The van der Waals surface area contributed by atoms with Crippen molar-refractivity contribution >= 4 is 206 Å². The van der Waals surface area contributed by atoms with Gasteiger partial charge in [-0.3, -0.25) is 49.4 Å². The molecule has 6 aromatic carbocycles. The number of hydrogen-bond acceptors (Lipinski definition) is 35. The Hall–Kier alpha value is -11.8. The number of para-hydroxylation sites is 3. The Morgan fingerprint density at radius 3 is 1.21 bits per heavy atom. The summed E-state index contributed by atoms with van der Waals surface area (Å²) >= 11 is 19.0. The first-order chi connectivity index (χ1) is 70.7. The lowest BCUT2D eigenvalue weighted by Crippen LogP contribution is -2.47. The topological polar surface area (TPSA) is 451 Å². The van der Waals surface area contributed by atoms with E-state index in [1.807, 2.05) is 95.0 Å². The largest absolute Gasteiger partial charge is 0.494 e. The van der Waals surface area contributed by atoms with Crippen LogP contribution in [0, 0.1) is 26.0 Å². The van der Waals surface area contributed by atoms with Gasteiger partial charge in [-0.2, -0.15) is 19.3 Å². The second-order valence-corrected chi connectivity index (χ2v) is 51.2. The summed E-state index contributed by atoms with van der Waals surface area (Å²) in [6.07, 6.45) is 15.1. The van der Waals surface area contributed by atoms with Gasteiger partial charge in [0.25, 0.3) is 5.69 Å². The van der Waals surface area contributed by atoms with E-state index in [1.165, 1.54) is 121 Å². The van der Waals surface area contributed by atoms with E-state index in [9.17, 15) is 57.5 Å². The first-order valence-electron chi connectivity index (χ1n) is 49.5. The maximum atomic E-state index is 13.9. The molecule has 3 aromatic heterocycles. The molecule has 12 heterocycles. The lowest BCUT2D eigenvalue weighted by atomic mass is 10.1. The fourth-order valence-corrected chi connectivity index (χ4v) is 21.8. The molecular formula is C102H138Cl4FN24O16P3. The molecule has 0 bridgehead atoms. The highest BCUT2D eigenvalue weighted by atomic mass is 35.5. The highest BCUT2D eigenvalue weighted by Gasteiger charge is 2.39. The van der Waals surface area contributed by atoms with Gasteiger partial charge in [0.05, 0.1) is 102 Å². The molecular weight excluding hydrogens is 2070 g/mol. The Morgan fingerprint density at radius 2 is 0.847 bits per heavy atom. The number of amides is 3. The molecule has 9 aliphatic rings. The number of Topliss-reactive ketones (excluding diaryl/α,β-unsaturated/α-hetero) is 1. The number of anilines is 15. The Kier molecular flexibility index (Phi) is 40.5. The van der Waals surface area contributed by atoms with Crippen LogP contribution in [-0.2, 0) is 32.8 Å². The van der Waals surface area contributed by atoms with Gasteiger partial charge in [-0.25, -0.2) is 24.5 Å². The van der Waals surface area contributed by atoms with Crippen LogP contribution in [0.25, 0.3) is 0 Å². The van der Waals surface area contributed by atoms with Crippen LogP contribution in [0.15, 0.2) is 140 Å². The molecule has 0 radical (unpaired) electrons. The molecule has 9 aliphatic heterocycles. The zero-order valence-corrected chi connectivity index (χ0v) is 93.0. The van der Waals surface area contributed by atoms with Gasteiger partial charge in [0, 0.05) is 131 Å². The number of ketones is 1. The molecule has 0 aliphatic carbocycles. The van der Waals surface area contributed by atoms with Crippen molar-refractivity contribution in [3.63, 3.8) is 0 Å². The third kappa shape index (κ3) is 31.9. The standard InChI is InChI=1S/C29H35ClN7O3P.C26H31ClN7O4P.C19H18ClFN5O4P.C12H22N2O2.C9H15NO3.C7H14N2.ClH.H2/c1-5-27(38)32-22-15-23(25(40-2)16-24(22)37-14-11-19(18-37)36-12-8-13-36)34-29-31-17-20(30)28(35-29)33-21-9-6-7-10-26(21)41(3,4)39;1-38-23-14-21(33-12-9-17(16-33)32-10-6-11-32)22(34(35)36)13-20(23)30-26-28-15-18(27)25(31-26)29-19-7-4-5-8-24(19)39(2,3)37;1-30-16-8-12(21)15(26(27)28)9-14(16)24-19-22-10-11(20)18(25-19)23-13-6-4-5-7-17(13)31(2,3)29;1-12(2,3)16-11(15)14-8-5-10(9-14)13-6-4-7-13;1-9(2,3)13-8(12)10-5-4-7(11)6-10;1-4-9(5-1)7-2-3-8-6-7;;/h5-7,9-10,15-17,19H,1,8,11-14,18H2,2-4H3,(H,32,38)(H2,31,33,34,35);4-5,7-8,13-15,17H,6,9-12,16H2,1-3H3,(H2,28,29,30,31);4-10H,1-3H3,(H2,22,23,24,25);10H,4-9H2,1-3H3;4-6H2,1-3H3;7-8H,1-6H2;2*1H. The summed E-state index contributed by atoms with van der Waals surface area (Å²) in [7, 11) is -3.30. The van der Waals surface area contributed by atoms with Gasteiger partial charge in [-0.1, -0.05) is 77.8 Å². The van der Waals surface area contributed by atoms with Crippen LogP contribution in [0.3, 0.4) is 0 Å². The van der Waals surface area contributed by atoms with Crippen molar-refractivity contribution in [1.82, 2.24) is 64.6 Å². The summed E-state index contributed by atoms with van der Waals surface area (Å²) < 4.78 is 79.0. The maximum Gasteiger partial charge on any atom is 0.410 e. The van der Waals surface area contributed by atoms with Gasteiger partial charge in [0.2, 0.25) is 29.6 Å². The average Bonchev–Trinajstić information content (AvgIpc) is 1.76. The molecule has 4 atom stereocenters. The number of nitro benzene ring substituents is 2. The zero-order chi connectivity index (χ0) is 108. The van der Waals surface area contributed by atoms with E-state index >= 15 is 0 Å². The number of ether oxygens (including phenoxy) is 5. The van der Waals surface area contributed by atoms with Crippen LogP contribution in [0.4, 0.5) is 112 Å². The van der Waals surface area contributed by atoms with E-state index in [4.69, 9.17) is 58.5 Å². The number of nitrogens with zero attached hydrogens (tertiary/aromatic N) is 16. The summed E-state index contributed by atoms with van der Waals surface area (Å²) in [5.74, 6) is 1.11. The van der Waals surface area contributed by atoms with Gasteiger partial charge in [-0.05, 0) is 240 Å². The van der Waals surface area contributed by atoms with E-state index in [-0.39, 0.29) is 99.5 Å². The van der Waals surface area contributed by atoms with E-state index in [0.717, 1.165) is 109 Å². The van der Waals surface area contributed by atoms with Crippen molar-refractivity contribution < 1.29 is 72.2 Å². The second kappa shape index (κ2) is 52.0. The van der Waals surface area contributed by atoms with Crippen LogP contribution >= 0.6 is 68.6 Å². The van der Waals surface area contributed by atoms with E-state index < -0.39 is 49.5 Å². The summed E-state index contributed by atoms with van der Waals surface area (Å²) in [6, 6.07) is 32.8. The Morgan fingerprint density at radius 1 is 0.480 bits per heavy atom. The fraction of sp³-hybridized carbons (Fsp3) is 0.471. The quantitative estimate of drug-likeness (QED) is 0.00977. The van der Waals surface area contributed by atoms with Gasteiger partial charge in [0.1, 0.15) is 70.6 Å². The summed E-state index contributed by atoms with van der Waals surface area (Å²) in [6.45, 7) is 42.6. The predicted molar refractivity (Wildman–Crippen MR) is 599 cm³/mol. The molecule has 40 nitrogen and oxygen atoms in total. The molecule has 3 amide bonds. The minimum atomic E-state index is -2.59. The highest BCUT2D eigenvalue weighted by Crippen LogP contribution is 2.47. The molecule has 150 heavy (non-hydrogen) atoms. The number of halogens is 5. The number of benzene rings is 6. The van der Waals surface area contributed by atoms with Gasteiger partial charge < -0.3 is 99.5 Å². The molecule has 4 unspecified atom stereocenters.